The molecule has 7 heteroatoms. The molecule has 1 atom stereocenters. The second kappa shape index (κ2) is 6.51. The Kier molecular flexibility index (Phi) is 4.95. The molecule has 1 aliphatic rings. The van der Waals surface area contributed by atoms with E-state index >= 15 is 0 Å². The molecule has 110 valence electrons. The van der Waals surface area contributed by atoms with Crippen LogP contribution in [0.1, 0.15) is 0 Å². The lowest BCUT2D eigenvalue weighted by Crippen LogP contribution is -2.55. The Morgan fingerprint density at radius 2 is 2.35 bits per heavy atom. The molecule has 0 amide bonds. The van der Waals surface area contributed by atoms with E-state index in [1.807, 2.05) is 0 Å². The molecule has 0 aliphatic carbocycles. The number of anilines is 1. The topological polar surface area (TPSA) is 67.4 Å². The van der Waals surface area contributed by atoms with Crippen LogP contribution in [0.2, 0.25) is 0 Å². The molecule has 0 radical (unpaired) electrons. The molecule has 0 bridgehead atoms. The van der Waals surface area contributed by atoms with Crippen LogP contribution < -0.4 is 16.2 Å². The van der Waals surface area contributed by atoms with E-state index in [0.717, 1.165) is 25.3 Å². The van der Waals surface area contributed by atoms with E-state index in [-0.39, 0.29) is 11.6 Å². The van der Waals surface area contributed by atoms with Crippen LogP contribution in [0, 0.1) is 0 Å². The maximum Gasteiger partial charge on any atom is 0.283 e. The van der Waals surface area contributed by atoms with Gasteiger partial charge in [0.15, 0.2) is 0 Å². The van der Waals surface area contributed by atoms with Gasteiger partial charge in [-0.3, -0.25) is 4.79 Å². The first-order valence-electron chi connectivity index (χ1n) is 6.60. The van der Waals surface area contributed by atoms with Gasteiger partial charge in [0.25, 0.3) is 5.56 Å². The third-order valence-electron chi connectivity index (χ3n) is 3.54. The second-order valence-electron chi connectivity index (χ2n) is 4.96. The predicted molar refractivity (Wildman–Crippen MR) is 84.1 cm³/mol. The van der Waals surface area contributed by atoms with Gasteiger partial charge in [0.05, 0.1) is 24.5 Å². The molecule has 0 spiro atoms. The van der Waals surface area contributed by atoms with E-state index in [2.05, 4.69) is 44.5 Å². The number of piperazine rings is 1. The summed E-state index contributed by atoms with van der Waals surface area (Å²) in [5.41, 5.74) is 6.54. The smallest absolute Gasteiger partial charge is 0.283 e. The predicted octanol–water partition coefficient (Wildman–Crippen LogP) is 0.271. The lowest BCUT2D eigenvalue weighted by molar-refractivity contribution is 0.269. The van der Waals surface area contributed by atoms with E-state index in [1.54, 1.807) is 12.3 Å². The van der Waals surface area contributed by atoms with Crippen LogP contribution in [0.5, 0.6) is 0 Å². The van der Waals surface area contributed by atoms with Crippen molar-refractivity contribution >= 4 is 21.6 Å². The van der Waals surface area contributed by atoms with Gasteiger partial charge in [-0.05, 0) is 23.0 Å². The standard InChI is InChI=1S/C13H20BrN5O/c1-3-4-19-13(20)12(14)11(8-16-19)18-6-5-17(2)9-10(18)7-15/h3,8,10H,1,4-7,9,15H2,2H3. The van der Waals surface area contributed by atoms with Gasteiger partial charge >= 0.3 is 0 Å². The van der Waals surface area contributed by atoms with E-state index < -0.39 is 0 Å². The molecule has 6 nitrogen and oxygen atoms in total. The highest BCUT2D eigenvalue weighted by Gasteiger charge is 2.26. The first-order valence-corrected chi connectivity index (χ1v) is 7.39. The number of nitrogens with zero attached hydrogens (tertiary/aromatic N) is 4. The lowest BCUT2D eigenvalue weighted by Gasteiger charge is -2.41. The monoisotopic (exact) mass is 341 g/mol. The summed E-state index contributed by atoms with van der Waals surface area (Å²) in [5.74, 6) is 0. The molecular weight excluding hydrogens is 322 g/mol. The van der Waals surface area contributed by atoms with Gasteiger partial charge in [0.2, 0.25) is 0 Å². The highest BCUT2D eigenvalue weighted by Crippen LogP contribution is 2.25. The first kappa shape index (κ1) is 15.2. The number of allylic oxidation sites excluding steroid dienone is 1. The van der Waals surface area contributed by atoms with E-state index in [1.165, 1.54) is 4.68 Å². The summed E-state index contributed by atoms with van der Waals surface area (Å²) in [6.45, 7) is 7.24. The van der Waals surface area contributed by atoms with Crippen molar-refractivity contribution < 1.29 is 0 Å². The minimum atomic E-state index is -0.142. The van der Waals surface area contributed by atoms with Crippen LogP contribution in [0.25, 0.3) is 0 Å². The summed E-state index contributed by atoms with van der Waals surface area (Å²) in [6, 6.07) is 0.196. The van der Waals surface area contributed by atoms with Crippen LogP contribution in [0.3, 0.4) is 0 Å². The number of halogens is 1. The maximum atomic E-state index is 12.2. The normalized spacial score (nSPS) is 20.1. The minimum absolute atomic E-state index is 0.142. The third-order valence-corrected chi connectivity index (χ3v) is 4.28. The number of likely N-dealkylation sites (N-methyl/N-ethyl adjacent to an activating group) is 1. The van der Waals surface area contributed by atoms with Gasteiger partial charge in [-0.2, -0.15) is 5.10 Å². The fourth-order valence-electron chi connectivity index (χ4n) is 2.44. The van der Waals surface area contributed by atoms with Crippen molar-refractivity contribution in [1.29, 1.82) is 0 Å². The van der Waals surface area contributed by atoms with E-state index in [0.29, 0.717) is 17.6 Å². The van der Waals surface area contributed by atoms with Crippen molar-refractivity contribution in [2.24, 2.45) is 5.73 Å². The molecule has 2 rings (SSSR count). The Morgan fingerprint density at radius 1 is 1.60 bits per heavy atom. The first-order chi connectivity index (χ1) is 9.58. The third kappa shape index (κ3) is 2.94. The summed E-state index contributed by atoms with van der Waals surface area (Å²) in [7, 11) is 2.08. The maximum absolute atomic E-state index is 12.2. The Hall–Kier alpha value is -1.18. The highest BCUT2D eigenvalue weighted by atomic mass is 79.9. The molecule has 2 N–H and O–H groups in total. The van der Waals surface area contributed by atoms with Crippen LogP contribution in [0.4, 0.5) is 5.69 Å². The lowest BCUT2D eigenvalue weighted by atomic mass is 10.1. The second-order valence-corrected chi connectivity index (χ2v) is 5.76. The number of hydrogen-bond acceptors (Lipinski definition) is 5. The van der Waals surface area contributed by atoms with Gasteiger partial charge in [0.1, 0.15) is 4.47 Å². The molecule has 20 heavy (non-hydrogen) atoms. The Bertz CT molecular complexity index is 544. The molecule has 0 aromatic carbocycles. The summed E-state index contributed by atoms with van der Waals surface area (Å²) < 4.78 is 1.92. The zero-order valence-corrected chi connectivity index (χ0v) is 13.2. The molecule has 1 unspecified atom stereocenters. The molecule has 1 aromatic heterocycles. The van der Waals surface area contributed by atoms with Crippen molar-refractivity contribution in [3.05, 3.63) is 33.7 Å². The quantitative estimate of drug-likeness (QED) is 0.796. The number of rotatable bonds is 4. The van der Waals surface area contributed by atoms with Gasteiger partial charge < -0.3 is 15.5 Å². The average molecular weight is 342 g/mol. The van der Waals surface area contributed by atoms with Gasteiger partial charge in [0, 0.05) is 26.2 Å². The van der Waals surface area contributed by atoms with Crippen LogP contribution in [0.15, 0.2) is 28.1 Å². The highest BCUT2D eigenvalue weighted by molar-refractivity contribution is 9.10. The molecule has 1 saturated heterocycles. The summed E-state index contributed by atoms with van der Waals surface area (Å²) in [4.78, 5) is 16.6. The van der Waals surface area contributed by atoms with Crippen molar-refractivity contribution in [2.75, 3.05) is 38.1 Å². The van der Waals surface area contributed by atoms with Crippen LogP contribution in [-0.4, -0.2) is 53.9 Å². The Morgan fingerprint density at radius 3 is 3.00 bits per heavy atom. The number of aromatic nitrogens is 2. The van der Waals surface area contributed by atoms with E-state index in [4.69, 9.17) is 5.73 Å². The fourth-order valence-corrected chi connectivity index (χ4v) is 2.97. The van der Waals surface area contributed by atoms with E-state index in [9.17, 15) is 4.79 Å². The Labute approximate surface area is 127 Å². The molecule has 1 aliphatic heterocycles. The molecule has 0 saturated carbocycles. The summed E-state index contributed by atoms with van der Waals surface area (Å²) in [5, 5.41) is 4.20. The SMILES string of the molecule is C=CCn1ncc(N2CCN(C)CC2CN)c(Br)c1=O. The van der Waals surface area contributed by atoms with Crippen LogP contribution in [-0.2, 0) is 6.54 Å². The van der Waals surface area contributed by atoms with Crippen molar-refractivity contribution in [3.8, 4) is 0 Å². The summed E-state index contributed by atoms with van der Waals surface area (Å²) in [6.07, 6.45) is 3.38. The fraction of sp³-hybridized carbons (Fsp3) is 0.538. The van der Waals surface area contributed by atoms with Gasteiger partial charge in [-0.15, -0.1) is 6.58 Å². The average Bonchev–Trinajstić information content (AvgIpc) is 2.45. The van der Waals surface area contributed by atoms with Crippen molar-refractivity contribution in [2.45, 2.75) is 12.6 Å². The van der Waals surface area contributed by atoms with Gasteiger partial charge in [-0.1, -0.05) is 6.08 Å². The molecule has 1 aromatic rings. The molecule has 1 fully saturated rings. The zero-order valence-electron chi connectivity index (χ0n) is 11.6. The molecule has 2 heterocycles. The van der Waals surface area contributed by atoms with Gasteiger partial charge in [-0.25, -0.2) is 4.68 Å². The number of nitrogens with two attached hydrogens (primary N) is 1. The van der Waals surface area contributed by atoms with Crippen LogP contribution >= 0.6 is 15.9 Å². The molecular formula is C13H20BrN5O. The summed E-state index contributed by atoms with van der Waals surface area (Å²) >= 11 is 3.40. The minimum Gasteiger partial charge on any atom is -0.362 e. The van der Waals surface area contributed by atoms with Crippen molar-refractivity contribution in [1.82, 2.24) is 14.7 Å². The Balaban J connectivity index is 2.35. The number of hydrogen-bond donors (Lipinski definition) is 1. The van der Waals surface area contributed by atoms with Crippen molar-refractivity contribution in [3.63, 3.8) is 0 Å². The largest absolute Gasteiger partial charge is 0.362 e. The zero-order chi connectivity index (χ0) is 14.7.